The molecule has 0 radical (unpaired) electrons. The van der Waals surface area contributed by atoms with E-state index < -0.39 is 10.0 Å². The Kier molecular flexibility index (Phi) is 10.1. The van der Waals surface area contributed by atoms with Crippen LogP contribution in [0.3, 0.4) is 0 Å². The van der Waals surface area contributed by atoms with E-state index in [-0.39, 0.29) is 35.4 Å². The van der Waals surface area contributed by atoms with Gasteiger partial charge in [0, 0.05) is 37.9 Å². The summed E-state index contributed by atoms with van der Waals surface area (Å²) in [5.41, 5.74) is 0.976. The van der Waals surface area contributed by atoms with Crippen molar-refractivity contribution in [1.29, 1.82) is 0 Å². The van der Waals surface area contributed by atoms with Crippen LogP contribution in [0, 0.1) is 0 Å². The molecule has 1 heterocycles. The summed E-state index contributed by atoms with van der Waals surface area (Å²) in [5.74, 6) is 0.607. The molecule has 0 saturated carbocycles. The van der Waals surface area contributed by atoms with E-state index in [0.29, 0.717) is 30.6 Å². The molecular formula is C16H24ClIN6O2S. The average molecular weight is 527 g/mol. The molecule has 1 aromatic carbocycles. The Balaban J connectivity index is 0.00000364. The van der Waals surface area contributed by atoms with Crippen molar-refractivity contribution in [3.05, 3.63) is 47.2 Å². The topological polar surface area (TPSA) is 100 Å². The minimum absolute atomic E-state index is 0. The normalized spacial score (nSPS) is 11.7. The molecule has 0 aliphatic rings. The van der Waals surface area contributed by atoms with Gasteiger partial charge in [-0.1, -0.05) is 17.7 Å². The molecular weight excluding hydrogens is 503 g/mol. The SMILES string of the molecule is CCNC(=NCc1ccnn1C)NCCNS(=O)(=O)c1cccc(Cl)c1.I. The number of sulfonamides is 1. The van der Waals surface area contributed by atoms with Gasteiger partial charge in [0.25, 0.3) is 0 Å². The van der Waals surface area contributed by atoms with Crippen molar-refractivity contribution in [2.75, 3.05) is 19.6 Å². The van der Waals surface area contributed by atoms with E-state index >= 15 is 0 Å². The number of aryl methyl sites for hydroxylation is 1. The molecule has 0 saturated heterocycles. The van der Waals surface area contributed by atoms with Gasteiger partial charge in [-0.05, 0) is 31.2 Å². The third-order valence-electron chi connectivity index (χ3n) is 3.48. The Morgan fingerprint density at radius 2 is 2.04 bits per heavy atom. The first-order chi connectivity index (χ1) is 12.4. The summed E-state index contributed by atoms with van der Waals surface area (Å²) in [7, 11) is -1.74. The fourth-order valence-corrected chi connectivity index (χ4v) is 3.47. The highest BCUT2D eigenvalue weighted by Crippen LogP contribution is 2.14. The summed E-state index contributed by atoms with van der Waals surface area (Å²) < 4.78 is 28.7. The van der Waals surface area contributed by atoms with Crippen molar-refractivity contribution in [2.24, 2.45) is 12.0 Å². The van der Waals surface area contributed by atoms with Crippen LogP contribution >= 0.6 is 35.6 Å². The van der Waals surface area contributed by atoms with Gasteiger partial charge < -0.3 is 10.6 Å². The molecule has 8 nitrogen and oxygen atoms in total. The zero-order valence-corrected chi connectivity index (χ0v) is 19.0. The Labute approximate surface area is 181 Å². The van der Waals surface area contributed by atoms with Gasteiger partial charge in [0.2, 0.25) is 10.0 Å². The molecule has 2 aromatic rings. The van der Waals surface area contributed by atoms with Crippen LogP contribution in [-0.4, -0.2) is 43.8 Å². The lowest BCUT2D eigenvalue weighted by molar-refractivity contribution is 0.580. The molecule has 11 heteroatoms. The molecule has 0 spiro atoms. The highest BCUT2D eigenvalue weighted by molar-refractivity contribution is 14.0. The number of hydrogen-bond acceptors (Lipinski definition) is 4. The number of nitrogens with one attached hydrogen (secondary N) is 3. The molecule has 0 amide bonds. The Morgan fingerprint density at radius 3 is 2.67 bits per heavy atom. The molecule has 150 valence electrons. The highest BCUT2D eigenvalue weighted by atomic mass is 127. The van der Waals surface area contributed by atoms with Crippen molar-refractivity contribution >= 4 is 51.6 Å². The van der Waals surface area contributed by atoms with E-state index in [1.807, 2.05) is 20.0 Å². The van der Waals surface area contributed by atoms with Gasteiger partial charge in [-0.25, -0.2) is 18.1 Å². The van der Waals surface area contributed by atoms with Gasteiger partial charge in [-0.3, -0.25) is 4.68 Å². The largest absolute Gasteiger partial charge is 0.357 e. The van der Waals surface area contributed by atoms with Crippen molar-refractivity contribution in [3.8, 4) is 0 Å². The van der Waals surface area contributed by atoms with Gasteiger partial charge in [0.15, 0.2) is 5.96 Å². The summed E-state index contributed by atoms with van der Waals surface area (Å²) in [6.07, 6.45) is 1.72. The summed E-state index contributed by atoms with van der Waals surface area (Å²) in [5, 5.41) is 10.7. The van der Waals surface area contributed by atoms with Crippen LogP contribution in [0.4, 0.5) is 0 Å². The monoisotopic (exact) mass is 526 g/mol. The van der Waals surface area contributed by atoms with Crippen LogP contribution in [0.2, 0.25) is 5.02 Å². The van der Waals surface area contributed by atoms with Crippen molar-refractivity contribution < 1.29 is 8.42 Å². The van der Waals surface area contributed by atoms with Gasteiger partial charge in [-0.15, -0.1) is 24.0 Å². The van der Waals surface area contributed by atoms with E-state index in [2.05, 4.69) is 25.4 Å². The van der Waals surface area contributed by atoms with Crippen molar-refractivity contribution in [2.45, 2.75) is 18.4 Å². The average Bonchev–Trinajstić information content (AvgIpc) is 3.01. The zero-order chi connectivity index (χ0) is 19.0. The number of nitrogens with zero attached hydrogens (tertiary/aromatic N) is 3. The Morgan fingerprint density at radius 1 is 1.26 bits per heavy atom. The van der Waals surface area contributed by atoms with Gasteiger partial charge in [-0.2, -0.15) is 5.10 Å². The van der Waals surface area contributed by atoms with E-state index in [0.717, 1.165) is 5.69 Å². The number of benzene rings is 1. The third kappa shape index (κ3) is 7.64. The lowest BCUT2D eigenvalue weighted by Gasteiger charge is -2.12. The molecule has 0 bridgehead atoms. The lowest BCUT2D eigenvalue weighted by atomic mass is 10.4. The maximum Gasteiger partial charge on any atom is 0.240 e. The predicted molar refractivity (Wildman–Crippen MR) is 118 cm³/mol. The maximum atomic E-state index is 12.2. The van der Waals surface area contributed by atoms with Crippen LogP contribution in [-0.2, 0) is 23.6 Å². The predicted octanol–water partition coefficient (Wildman–Crippen LogP) is 1.73. The molecule has 2 rings (SSSR count). The summed E-state index contributed by atoms with van der Waals surface area (Å²) in [6.45, 7) is 3.73. The Bertz CT molecular complexity index is 856. The number of aromatic nitrogens is 2. The molecule has 3 N–H and O–H groups in total. The highest BCUT2D eigenvalue weighted by Gasteiger charge is 2.13. The molecule has 0 unspecified atom stereocenters. The number of halogens is 2. The van der Waals surface area contributed by atoms with Crippen LogP contribution in [0.25, 0.3) is 0 Å². The Hall–Kier alpha value is -1.37. The molecule has 0 aliphatic carbocycles. The standard InChI is InChI=1S/C16H23ClN6O2S.HI/c1-3-18-16(20-12-14-7-8-21-23(14)2)19-9-10-22-26(24,25)15-6-4-5-13(17)11-15;/h4-8,11,22H,3,9-10,12H2,1-2H3,(H2,18,19,20);1H. The van der Waals surface area contributed by atoms with Crippen LogP contribution in [0.5, 0.6) is 0 Å². The first-order valence-electron chi connectivity index (χ1n) is 8.16. The van der Waals surface area contributed by atoms with Crippen LogP contribution in [0.1, 0.15) is 12.6 Å². The maximum absolute atomic E-state index is 12.2. The van der Waals surface area contributed by atoms with E-state index in [4.69, 9.17) is 11.6 Å². The number of aliphatic imine (C=N–C) groups is 1. The smallest absolute Gasteiger partial charge is 0.240 e. The second-order valence-corrected chi connectivity index (χ2v) is 7.63. The molecule has 0 fully saturated rings. The van der Waals surface area contributed by atoms with E-state index in [1.165, 1.54) is 12.1 Å². The number of rotatable bonds is 8. The molecule has 0 aliphatic heterocycles. The van der Waals surface area contributed by atoms with E-state index in [9.17, 15) is 8.42 Å². The summed E-state index contributed by atoms with van der Waals surface area (Å²) in [4.78, 5) is 4.60. The minimum atomic E-state index is -3.59. The second-order valence-electron chi connectivity index (χ2n) is 5.42. The van der Waals surface area contributed by atoms with E-state index in [1.54, 1.807) is 23.0 Å². The summed E-state index contributed by atoms with van der Waals surface area (Å²) in [6, 6.07) is 8.04. The first-order valence-corrected chi connectivity index (χ1v) is 10.0. The third-order valence-corrected chi connectivity index (χ3v) is 5.18. The molecule has 0 atom stereocenters. The fraction of sp³-hybridized carbons (Fsp3) is 0.375. The van der Waals surface area contributed by atoms with Gasteiger partial charge in [0.1, 0.15) is 0 Å². The van der Waals surface area contributed by atoms with Crippen LogP contribution in [0.15, 0.2) is 46.4 Å². The molecule has 1 aromatic heterocycles. The zero-order valence-electron chi connectivity index (χ0n) is 15.1. The quantitative estimate of drug-likeness (QED) is 0.211. The van der Waals surface area contributed by atoms with Gasteiger partial charge in [0.05, 0.1) is 17.1 Å². The molecule has 27 heavy (non-hydrogen) atoms. The number of guanidine groups is 1. The lowest BCUT2D eigenvalue weighted by Crippen LogP contribution is -2.41. The number of hydrogen-bond donors (Lipinski definition) is 3. The minimum Gasteiger partial charge on any atom is -0.357 e. The van der Waals surface area contributed by atoms with Crippen LogP contribution < -0.4 is 15.4 Å². The van der Waals surface area contributed by atoms with Gasteiger partial charge >= 0.3 is 0 Å². The summed E-state index contributed by atoms with van der Waals surface area (Å²) >= 11 is 5.84. The van der Waals surface area contributed by atoms with Crippen molar-refractivity contribution in [3.63, 3.8) is 0 Å². The first kappa shape index (κ1) is 23.7. The second kappa shape index (κ2) is 11.5. The van der Waals surface area contributed by atoms with Crippen molar-refractivity contribution in [1.82, 2.24) is 25.1 Å². The fourth-order valence-electron chi connectivity index (χ4n) is 2.14.